The van der Waals surface area contributed by atoms with Crippen LogP contribution >= 0.6 is 0 Å². The van der Waals surface area contributed by atoms with Gasteiger partial charge in [0, 0.05) is 26.2 Å². The molecule has 2 rings (SSSR count). The van der Waals surface area contributed by atoms with Gasteiger partial charge in [0.25, 0.3) is 0 Å². The molecule has 0 spiro atoms. The van der Waals surface area contributed by atoms with Crippen molar-refractivity contribution in [3.8, 4) is 0 Å². The summed E-state index contributed by atoms with van der Waals surface area (Å²) < 4.78 is 31.7. The van der Waals surface area contributed by atoms with E-state index in [1.807, 2.05) is 0 Å². The predicted octanol–water partition coefficient (Wildman–Crippen LogP) is 1.90. The number of benzene rings is 1. The van der Waals surface area contributed by atoms with Gasteiger partial charge in [-0.1, -0.05) is 0 Å². The molecule has 7 heteroatoms. The monoisotopic (exact) mass is 327 g/mol. The third-order valence-corrected chi connectivity index (χ3v) is 4.16. The first-order valence-electron chi connectivity index (χ1n) is 7.45. The van der Waals surface area contributed by atoms with Crippen LogP contribution in [0, 0.1) is 17.0 Å². The van der Waals surface area contributed by atoms with E-state index in [2.05, 4.69) is 5.32 Å². The van der Waals surface area contributed by atoms with Gasteiger partial charge < -0.3 is 15.2 Å². The lowest BCUT2D eigenvalue weighted by Gasteiger charge is -2.33. The van der Waals surface area contributed by atoms with E-state index >= 15 is 0 Å². The summed E-state index contributed by atoms with van der Waals surface area (Å²) in [6.45, 7) is 0.698. The quantitative estimate of drug-likeness (QED) is 0.837. The number of carboxylic acid groups (broad SMARTS) is 1. The number of amides is 1. The fraction of sp³-hybridized carbons (Fsp3) is 0.500. The highest BCUT2D eigenvalue weighted by molar-refractivity contribution is 5.79. The van der Waals surface area contributed by atoms with Gasteiger partial charge in [-0.05, 0) is 43.0 Å². The molecule has 23 heavy (non-hydrogen) atoms. The van der Waals surface area contributed by atoms with E-state index in [9.17, 15) is 23.5 Å². The van der Waals surface area contributed by atoms with Gasteiger partial charge in [0.05, 0.1) is 5.41 Å². The van der Waals surface area contributed by atoms with Crippen molar-refractivity contribution in [3.05, 3.63) is 35.4 Å². The van der Waals surface area contributed by atoms with Gasteiger partial charge in [0.2, 0.25) is 5.91 Å². The molecule has 2 N–H and O–H groups in total. The highest BCUT2D eigenvalue weighted by Gasteiger charge is 2.40. The van der Waals surface area contributed by atoms with Crippen molar-refractivity contribution in [2.24, 2.45) is 5.41 Å². The van der Waals surface area contributed by atoms with E-state index in [0.717, 1.165) is 18.2 Å². The molecule has 0 aliphatic carbocycles. The Morgan fingerprint density at radius 1 is 1.26 bits per heavy atom. The fourth-order valence-corrected chi connectivity index (χ4v) is 2.57. The van der Waals surface area contributed by atoms with Crippen molar-refractivity contribution >= 4 is 11.9 Å². The largest absolute Gasteiger partial charge is 0.481 e. The summed E-state index contributed by atoms with van der Waals surface area (Å²) in [5.74, 6) is -2.47. The Kier molecular flexibility index (Phi) is 5.65. The van der Waals surface area contributed by atoms with E-state index in [1.165, 1.54) is 0 Å². The lowest BCUT2D eigenvalue weighted by atomic mass is 9.80. The second-order valence-electron chi connectivity index (χ2n) is 5.71. The molecule has 5 nitrogen and oxygen atoms in total. The Morgan fingerprint density at radius 2 is 1.96 bits per heavy atom. The maximum absolute atomic E-state index is 13.5. The topological polar surface area (TPSA) is 75.6 Å². The van der Waals surface area contributed by atoms with Crippen molar-refractivity contribution in [1.82, 2.24) is 5.32 Å². The summed E-state index contributed by atoms with van der Waals surface area (Å²) in [6.07, 6.45) is 0.688. The first kappa shape index (κ1) is 17.3. The fourth-order valence-electron chi connectivity index (χ4n) is 2.57. The Hall–Kier alpha value is -2.02. The highest BCUT2D eigenvalue weighted by atomic mass is 19.1. The first-order chi connectivity index (χ1) is 10.9. The minimum Gasteiger partial charge on any atom is -0.481 e. The Bertz CT molecular complexity index is 585. The van der Waals surface area contributed by atoms with Gasteiger partial charge in [0.15, 0.2) is 0 Å². The molecule has 126 valence electrons. The summed E-state index contributed by atoms with van der Waals surface area (Å²) in [4.78, 5) is 23.3. The third kappa shape index (κ3) is 4.48. The summed E-state index contributed by atoms with van der Waals surface area (Å²) in [7, 11) is 0. The van der Waals surface area contributed by atoms with Crippen molar-refractivity contribution < 1.29 is 28.2 Å². The van der Waals surface area contributed by atoms with E-state index in [-0.39, 0.29) is 30.9 Å². The van der Waals surface area contributed by atoms with Gasteiger partial charge in [-0.15, -0.1) is 0 Å². The van der Waals surface area contributed by atoms with Crippen molar-refractivity contribution in [3.63, 3.8) is 0 Å². The van der Waals surface area contributed by atoms with Crippen LogP contribution in [0.2, 0.25) is 0 Å². The number of rotatable bonds is 6. The highest BCUT2D eigenvalue weighted by Crippen LogP contribution is 2.30. The average molecular weight is 327 g/mol. The smallest absolute Gasteiger partial charge is 0.311 e. The second kappa shape index (κ2) is 7.50. The molecule has 1 aromatic carbocycles. The molecule has 0 bridgehead atoms. The lowest BCUT2D eigenvalue weighted by Crippen LogP contribution is -2.46. The number of carboxylic acids is 1. The summed E-state index contributed by atoms with van der Waals surface area (Å²) >= 11 is 0. The van der Waals surface area contributed by atoms with Crippen molar-refractivity contribution in [2.45, 2.75) is 25.7 Å². The van der Waals surface area contributed by atoms with E-state index in [0.29, 0.717) is 26.1 Å². The third-order valence-electron chi connectivity index (χ3n) is 4.16. The molecule has 0 radical (unpaired) electrons. The SMILES string of the molecule is O=C(CCc1cc(F)ccc1F)NCC1(C(=O)O)CCOCC1. The van der Waals surface area contributed by atoms with Crippen LogP contribution in [-0.4, -0.2) is 36.7 Å². The zero-order chi connectivity index (χ0) is 16.9. The van der Waals surface area contributed by atoms with Crippen molar-refractivity contribution in [1.29, 1.82) is 0 Å². The number of carbonyl (C=O) groups is 2. The zero-order valence-electron chi connectivity index (χ0n) is 12.6. The van der Waals surface area contributed by atoms with Crippen LogP contribution in [0.1, 0.15) is 24.8 Å². The minimum atomic E-state index is -1.02. The molecule has 1 aromatic rings. The molecular formula is C16H19F2NO4. The summed E-state index contributed by atoms with van der Waals surface area (Å²) in [5.41, 5.74) is -0.892. The van der Waals surface area contributed by atoms with Gasteiger partial charge in [0.1, 0.15) is 11.6 Å². The van der Waals surface area contributed by atoms with Crippen LogP contribution in [-0.2, 0) is 20.7 Å². The molecular weight excluding hydrogens is 308 g/mol. The number of aryl methyl sites for hydroxylation is 1. The van der Waals surface area contributed by atoms with Crippen LogP contribution in [0.5, 0.6) is 0 Å². The predicted molar refractivity (Wildman–Crippen MR) is 77.8 cm³/mol. The Balaban J connectivity index is 1.87. The molecule has 0 atom stereocenters. The normalized spacial score (nSPS) is 16.8. The van der Waals surface area contributed by atoms with E-state index in [4.69, 9.17) is 4.74 Å². The molecule has 1 heterocycles. The number of carbonyl (C=O) groups excluding carboxylic acids is 1. The molecule has 1 amide bonds. The number of ether oxygens (including phenoxy) is 1. The van der Waals surface area contributed by atoms with Crippen LogP contribution in [0.3, 0.4) is 0 Å². The molecule has 1 aliphatic heterocycles. The standard InChI is InChI=1S/C16H19F2NO4/c17-12-2-3-13(18)11(9-12)1-4-14(20)19-10-16(15(21)22)5-7-23-8-6-16/h2-3,9H,1,4-8,10H2,(H,19,20)(H,21,22). The number of hydrogen-bond donors (Lipinski definition) is 2. The van der Waals surface area contributed by atoms with Crippen molar-refractivity contribution in [2.75, 3.05) is 19.8 Å². The Morgan fingerprint density at radius 3 is 2.61 bits per heavy atom. The van der Waals surface area contributed by atoms with Gasteiger partial charge in [-0.3, -0.25) is 9.59 Å². The van der Waals surface area contributed by atoms with Crippen LogP contribution in [0.25, 0.3) is 0 Å². The first-order valence-corrected chi connectivity index (χ1v) is 7.45. The van der Waals surface area contributed by atoms with Gasteiger partial charge in [-0.25, -0.2) is 8.78 Å². The zero-order valence-corrected chi connectivity index (χ0v) is 12.6. The molecule has 1 fully saturated rings. The van der Waals surface area contributed by atoms with E-state index in [1.54, 1.807) is 0 Å². The summed E-state index contributed by atoms with van der Waals surface area (Å²) in [6, 6.07) is 3.09. The molecule has 1 saturated heterocycles. The van der Waals surface area contributed by atoms with Crippen LogP contribution in [0.4, 0.5) is 8.78 Å². The molecule has 1 aliphatic rings. The number of hydrogen-bond acceptors (Lipinski definition) is 3. The molecule has 0 aromatic heterocycles. The van der Waals surface area contributed by atoms with Crippen LogP contribution in [0.15, 0.2) is 18.2 Å². The summed E-state index contributed by atoms with van der Waals surface area (Å²) in [5, 5.41) is 12.0. The molecule has 0 saturated carbocycles. The molecule has 0 unspecified atom stereocenters. The number of halogens is 2. The number of aliphatic carboxylic acids is 1. The Labute approximate surface area is 132 Å². The van der Waals surface area contributed by atoms with E-state index < -0.39 is 23.0 Å². The van der Waals surface area contributed by atoms with Gasteiger partial charge in [-0.2, -0.15) is 0 Å². The maximum Gasteiger partial charge on any atom is 0.311 e. The maximum atomic E-state index is 13.5. The average Bonchev–Trinajstić information content (AvgIpc) is 2.54. The van der Waals surface area contributed by atoms with Crippen LogP contribution < -0.4 is 5.32 Å². The second-order valence-corrected chi connectivity index (χ2v) is 5.71. The number of nitrogens with one attached hydrogen (secondary N) is 1. The lowest BCUT2D eigenvalue weighted by molar-refractivity contribution is -0.154. The van der Waals surface area contributed by atoms with Gasteiger partial charge >= 0.3 is 5.97 Å². The minimum absolute atomic E-state index is 0.0101.